The second-order valence-corrected chi connectivity index (χ2v) is 3.04. The molecule has 74 valence electrons. The molecule has 0 aliphatic carbocycles. The smallest absolute Gasteiger partial charge is 0.509 e. The number of ether oxygens (including phenoxy) is 1. The van der Waals surface area contributed by atoms with Gasteiger partial charge in [0.25, 0.3) is 0 Å². The van der Waals surface area contributed by atoms with Gasteiger partial charge in [0.15, 0.2) is 0 Å². The minimum Gasteiger partial charge on any atom is -0.509 e. The predicted octanol–water partition coefficient (Wildman–Crippen LogP) is -0.262. The zero-order valence-electron chi connectivity index (χ0n) is 9.12. The summed E-state index contributed by atoms with van der Waals surface area (Å²) in [4.78, 5) is 0. The van der Waals surface area contributed by atoms with Crippen molar-refractivity contribution in [1.29, 1.82) is 5.26 Å². The van der Waals surface area contributed by atoms with E-state index in [-0.39, 0.29) is 51.4 Å². The van der Waals surface area contributed by atoms with Gasteiger partial charge in [0.05, 0.1) is 12.7 Å². The summed E-state index contributed by atoms with van der Waals surface area (Å²) in [6.07, 6.45) is 1.29. The van der Waals surface area contributed by atoms with Crippen molar-refractivity contribution in [2.24, 2.45) is 0 Å². The number of nitrogens with zero attached hydrogens (tertiary/aromatic N) is 1. The molecule has 0 radical (unpaired) electrons. The van der Waals surface area contributed by atoms with Crippen LogP contribution in [-0.4, -0.2) is 6.61 Å². The van der Waals surface area contributed by atoms with E-state index >= 15 is 0 Å². The molecule has 0 unspecified atom stereocenters. The van der Waals surface area contributed by atoms with Crippen LogP contribution in [0.1, 0.15) is 24.0 Å². The van der Waals surface area contributed by atoms with Crippen LogP contribution in [0.4, 0.5) is 0 Å². The molecule has 3 heteroatoms. The molecule has 0 heterocycles. The van der Waals surface area contributed by atoms with Gasteiger partial charge >= 0.3 is 51.4 Å². The maximum Gasteiger partial charge on any atom is 1.00 e. The Hall–Kier alpha value is -0.114. The number of rotatable bonds is 4. The van der Waals surface area contributed by atoms with E-state index in [9.17, 15) is 0 Å². The van der Waals surface area contributed by atoms with Crippen molar-refractivity contribution in [2.75, 3.05) is 6.61 Å². The number of benzene rings is 1. The van der Waals surface area contributed by atoms with Gasteiger partial charge < -0.3 is 4.74 Å². The SMILES string of the molecule is [CH2-]c1ccc(OCCCC#N)cc1[CH2-].[K+]. The summed E-state index contributed by atoms with van der Waals surface area (Å²) in [6.45, 7) is 8.21. The van der Waals surface area contributed by atoms with Crippen molar-refractivity contribution in [1.82, 2.24) is 0 Å². The molecule has 0 bridgehead atoms. The van der Waals surface area contributed by atoms with Crippen molar-refractivity contribution < 1.29 is 56.1 Å². The number of nitriles is 1. The molecule has 0 spiro atoms. The van der Waals surface area contributed by atoms with Crippen molar-refractivity contribution in [2.45, 2.75) is 12.8 Å². The van der Waals surface area contributed by atoms with Crippen LogP contribution in [0.25, 0.3) is 0 Å². The third-order valence-electron chi connectivity index (χ3n) is 1.88. The molecule has 0 saturated carbocycles. The van der Waals surface area contributed by atoms with Gasteiger partial charge in [-0.2, -0.15) is 11.3 Å². The van der Waals surface area contributed by atoms with Crippen LogP contribution < -0.4 is 56.1 Å². The molecule has 0 aromatic heterocycles. The van der Waals surface area contributed by atoms with E-state index in [1.807, 2.05) is 18.2 Å². The Bertz CT molecular complexity index is 344. The molecule has 15 heavy (non-hydrogen) atoms. The maximum atomic E-state index is 8.32. The van der Waals surface area contributed by atoms with Gasteiger partial charge in [-0.1, -0.05) is 0 Å². The first-order valence-corrected chi connectivity index (χ1v) is 4.52. The van der Waals surface area contributed by atoms with Gasteiger partial charge in [0, 0.05) is 12.2 Å². The largest absolute Gasteiger partial charge is 1.00 e. The Morgan fingerprint density at radius 1 is 1.27 bits per heavy atom. The molecular formula is C12H13KNO-. The Morgan fingerprint density at radius 2 is 2.00 bits per heavy atom. The Balaban J connectivity index is 0.00000196. The Morgan fingerprint density at radius 3 is 2.60 bits per heavy atom. The van der Waals surface area contributed by atoms with Gasteiger partial charge in [-0.15, -0.1) is 6.07 Å². The van der Waals surface area contributed by atoms with Gasteiger partial charge in [-0.25, -0.2) is 6.07 Å². The summed E-state index contributed by atoms with van der Waals surface area (Å²) in [5.74, 6) is 0.792. The molecule has 1 aromatic rings. The van der Waals surface area contributed by atoms with Crippen molar-refractivity contribution in [3.8, 4) is 11.8 Å². The molecule has 0 saturated heterocycles. The normalized spacial score (nSPS) is 8.73. The topological polar surface area (TPSA) is 33.0 Å². The molecule has 2 nitrogen and oxygen atoms in total. The van der Waals surface area contributed by atoms with E-state index in [0.29, 0.717) is 13.0 Å². The van der Waals surface area contributed by atoms with Crippen LogP contribution in [0.5, 0.6) is 5.75 Å². The van der Waals surface area contributed by atoms with Crippen molar-refractivity contribution >= 4 is 0 Å². The summed E-state index contributed by atoms with van der Waals surface area (Å²) < 4.78 is 5.42. The van der Waals surface area contributed by atoms with Gasteiger partial charge in [0.1, 0.15) is 0 Å². The fourth-order valence-electron chi connectivity index (χ4n) is 1.03. The van der Waals surface area contributed by atoms with Crippen LogP contribution in [0.15, 0.2) is 18.2 Å². The summed E-state index contributed by atoms with van der Waals surface area (Å²) in [7, 11) is 0. The Kier molecular flexibility index (Phi) is 8.03. The van der Waals surface area contributed by atoms with Crippen LogP contribution in [-0.2, 0) is 0 Å². The van der Waals surface area contributed by atoms with Crippen LogP contribution in [0.3, 0.4) is 0 Å². The van der Waals surface area contributed by atoms with Gasteiger partial charge in [-0.05, 0) is 6.42 Å². The summed E-state index contributed by atoms with van der Waals surface area (Å²) >= 11 is 0. The molecular weight excluding hydrogens is 213 g/mol. The molecule has 0 aliphatic rings. The summed E-state index contributed by atoms with van der Waals surface area (Å²) in [5, 5.41) is 8.32. The third-order valence-corrected chi connectivity index (χ3v) is 1.88. The number of hydrogen-bond acceptors (Lipinski definition) is 2. The fraction of sp³-hybridized carbons (Fsp3) is 0.250. The molecule has 0 N–H and O–H groups in total. The first-order chi connectivity index (χ1) is 6.74. The average Bonchev–Trinajstić information content (AvgIpc) is 2.18. The zero-order valence-corrected chi connectivity index (χ0v) is 12.2. The van der Waals surface area contributed by atoms with Crippen molar-refractivity contribution in [3.63, 3.8) is 0 Å². The molecule has 0 atom stereocenters. The van der Waals surface area contributed by atoms with Gasteiger partial charge in [0.2, 0.25) is 0 Å². The monoisotopic (exact) mass is 226 g/mol. The molecule has 1 rings (SSSR count). The number of unbranched alkanes of at least 4 members (excludes halogenated alkanes) is 1. The van der Waals surface area contributed by atoms with Crippen LogP contribution >= 0.6 is 0 Å². The minimum absolute atomic E-state index is 0. The second-order valence-electron chi connectivity index (χ2n) is 3.04. The van der Waals surface area contributed by atoms with E-state index in [1.165, 1.54) is 0 Å². The van der Waals surface area contributed by atoms with E-state index < -0.39 is 0 Å². The fourth-order valence-corrected chi connectivity index (χ4v) is 1.03. The van der Waals surface area contributed by atoms with Gasteiger partial charge in [-0.3, -0.25) is 25.0 Å². The predicted molar refractivity (Wildman–Crippen MR) is 55.7 cm³/mol. The molecule has 0 aliphatic heterocycles. The van der Waals surface area contributed by atoms with Crippen LogP contribution in [0, 0.1) is 25.2 Å². The first kappa shape index (κ1) is 14.9. The van der Waals surface area contributed by atoms with E-state index in [1.54, 1.807) is 0 Å². The Labute approximate surface area is 134 Å². The van der Waals surface area contributed by atoms with E-state index in [4.69, 9.17) is 10.00 Å². The van der Waals surface area contributed by atoms with E-state index in [2.05, 4.69) is 19.9 Å². The minimum atomic E-state index is 0. The maximum absolute atomic E-state index is 8.32. The second kappa shape index (κ2) is 8.09. The first-order valence-electron chi connectivity index (χ1n) is 4.52. The number of hydrogen-bond donors (Lipinski definition) is 0. The summed E-state index contributed by atoms with van der Waals surface area (Å²) in [6, 6.07) is 7.67. The molecule has 1 aromatic carbocycles. The molecule has 0 amide bonds. The van der Waals surface area contributed by atoms with Crippen molar-refractivity contribution in [3.05, 3.63) is 43.2 Å². The third kappa shape index (κ3) is 5.50. The average molecular weight is 226 g/mol. The molecule has 0 fully saturated rings. The zero-order chi connectivity index (χ0) is 10.4. The van der Waals surface area contributed by atoms with E-state index in [0.717, 1.165) is 23.3 Å². The quantitative estimate of drug-likeness (QED) is 0.402. The van der Waals surface area contributed by atoms with Crippen LogP contribution in [0.2, 0.25) is 0 Å². The summed E-state index contributed by atoms with van der Waals surface area (Å²) in [5.41, 5.74) is 1.79. The standard InChI is InChI=1S/C12H13NO.K/c1-10-5-6-12(9-11(10)2)14-8-4-3-7-13;/h5-6,9H,1-4,8H2;/q-2;+1.